The molecule has 1 heterocycles. The Bertz CT molecular complexity index is 265. The summed E-state index contributed by atoms with van der Waals surface area (Å²) >= 11 is -1.70. The molecule has 0 aliphatic carbocycles. The Kier molecular flexibility index (Phi) is 3.09. The molecule has 12 heavy (non-hydrogen) atoms. The summed E-state index contributed by atoms with van der Waals surface area (Å²) in [5.74, 6) is 0. The summed E-state index contributed by atoms with van der Waals surface area (Å²) in [5, 5.41) is 0. The molecule has 3 heteroatoms. The fourth-order valence-electron chi connectivity index (χ4n) is 1.14. The topological polar surface area (TPSA) is 25.8 Å². The van der Waals surface area contributed by atoms with Crippen LogP contribution >= 0.6 is 0 Å². The summed E-state index contributed by atoms with van der Waals surface area (Å²) in [7, 11) is 0. The Labute approximate surface area is 78.3 Å². The summed E-state index contributed by atoms with van der Waals surface area (Å²) in [6.45, 7) is 1.99. The van der Waals surface area contributed by atoms with Crippen molar-refractivity contribution in [2.24, 2.45) is 0 Å². The molecule has 0 aromatic carbocycles. The molecule has 1 aromatic heterocycles. The van der Waals surface area contributed by atoms with E-state index in [-0.39, 0.29) is 0 Å². The van der Waals surface area contributed by atoms with Gasteiger partial charge in [0.1, 0.15) is 0 Å². The third-order valence-corrected chi connectivity index (χ3v) is 5.58. The van der Waals surface area contributed by atoms with Gasteiger partial charge in [-0.25, -0.2) is 0 Å². The van der Waals surface area contributed by atoms with Crippen LogP contribution < -0.4 is 0 Å². The van der Waals surface area contributed by atoms with Crippen molar-refractivity contribution in [2.75, 3.05) is 0 Å². The van der Waals surface area contributed by atoms with Crippen LogP contribution in [0.25, 0.3) is 0 Å². The zero-order valence-corrected chi connectivity index (χ0v) is 11.1. The second kappa shape index (κ2) is 3.73. The van der Waals surface area contributed by atoms with Gasteiger partial charge in [0, 0.05) is 0 Å². The van der Waals surface area contributed by atoms with Crippen LogP contribution in [0.5, 0.6) is 0 Å². The molecule has 0 spiro atoms. The van der Waals surface area contributed by atoms with Gasteiger partial charge in [-0.1, -0.05) is 0 Å². The molecule has 0 unspecified atom stereocenters. The summed E-state index contributed by atoms with van der Waals surface area (Å²) in [4.78, 5) is 15.8. The normalized spacial score (nSPS) is 11.7. The fourth-order valence-corrected chi connectivity index (χ4v) is 4.73. The molecule has 1 aromatic rings. The molecule has 1 rings (SSSR count). The molecule has 0 amide bonds. The minimum atomic E-state index is -1.70. The van der Waals surface area contributed by atoms with Crippen molar-refractivity contribution in [3.8, 4) is 0 Å². The quantitative estimate of drug-likeness (QED) is 0.770. The Morgan fingerprint density at radius 1 is 1.25 bits per heavy atom. The van der Waals surface area contributed by atoms with E-state index in [4.69, 9.17) is 0 Å². The molecule has 0 N–H and O–H groups in total. The van der Waals surface area contributed by atoms with Gasteiger partial charge in [0.15, 0.2) is 0 Å². The third kappa shape index (κ3) is 3.52. The first kappa shape index (κ1) is 9.96. The van der Waals surface area contributed by atoms with Crippen molar-refractivity contribution in [2.45, 2.75) is 26.2 Å². The van der Waals surface area contributed by atoms with E-state index in [1.54, 1.807) is 0 Å². The number of aryl methyl sites for hydroxylation is 1. The van der Waals surface area contributed by atoms with Crippen molar-refractivity contribution in [3.05, 3.63) is 23.8 Å². The minimum absolute atomic E-state index is 1.03. The van der Waals surface area contributed by atoms with Crippen LogP contribution in [-0.2, 0) is 4.44 Å². The van der Waals surface area contributed by atoms with Gasteiger partial charge in [-0.05, 0) is 0 Å². The maximum absolute atomic E-state index is 4.45. The first-order chi connectivity index (χ1) is 5.47. The van der Waals surface area contributed by atoms with Crippen molar-refractivity contribution < 1.29 is 0 Å². The Morgan fingerprint density at radius 2 is 1.92 bits per heavy atom. The van der Waals surface area contributed by atoms with Crippen LogP contribution in [0.2, 0.25) is 14.8 Å². The number of hydrogen-bond acceptors (Lipinski definition) is 2. The van der Waals surface area contributed by atoms with Crippen LogP contribution in [0.1, 0.15) is 11.4 Å². The molecule has 0 saturated heterocycles. The predicted octanol–water partition coefficient (Wildman–Crippen LogP) is 2.20. The van der Waals surface area contributed by atoms with Gasteiger partial charge in [-0.3, -0.25) is 0 Å². The zero-order valence-electron chi connectivity index (χ0n) is 8.26. The molecule has 66 valence electrons. The molecule has 0 saturated carbocycles. The van der Waals surface area contributed by atoms with E-state index in [2.05, 4.69) is 24.8 Å². The third-order valence-electron chi connectivity index (χ3n) is 1.52. The van der Waals surface area contributed by atoms with Gasteiger partial charge >= 0.3 is 78.3 Å². The van der Waals surface area contributed by atoms with Crippen LogP contribution in [0, 0.1) is 6.92 Å². The summed E-state index contributed by atoms with van der Waals surface area (Å²) in [6.07, 6.45) is 3.71. The second-order valence-electron chi connectivity index (χ2n) is 4.39. The summed E-state index contributed by atoms with van der Waals surface area (Å²) in [6, 6.07) is 0. The van der Waals surface area contributed by atoms with Crippen molar-refractivity contribution in [1.29, 1.82) is 0 Å². The zero-order chi connectivity index (χ0) is 9.19. The van der Waals surface area contributed by atoms with Gasteiger partial charge in [0.25, 0.3) is 0 Å². The Hall–Kier alpha value is -0.121. The van der Waals surface area contributed by atoms with Crippen LogP contribution in [0.15, 0.2) is 12.4 Å². The Morgan fingerprint density at radius 3 is 2.42 bits per heavy atom. The predicted molar refractivity (Wildman–Crippen MR) is 53.8 cm³/mol. The molecule has 2 nitrogen and oxygen atoms in total. The molecule has 0 aliphatic heterocycles. The average Bonchev–Trinajstić information content (AvgIpc) is 1.82. The fraction of sp³-hybridized carbons (Fsp3) is 0.556. The van der Waals surface area contributed by atoms with Gasteiger partial charge in [0.05, 0.1) is 0 Å². The summed E-state index contributed by atoms with van der Waals surface area (Å²) < 4.78 is 1.20. The number of aromatic nitrogens is 2. The van der Waals surface area contributed by atoms with E-state index < -0.39 is 18.4 Å². The SMILES string of the molecule is Cc1cncc([CH2][Sn]([CH3])([CH3])[CH3])n1. The van der Waals surface area contributed by atoms with Crippen LogP contribution in [0.4, 0.5) is 0 Å². The van der Waals surface area contributed by atoms with Crippen LogP contribution in [-0.4, -0.2) is 28.3 Å². The molecule has 0 fully saturated rings. The van der Waals surface area contributed by atoms with Crippen molar-refractivity contribution >= 4 is 18.4 Å². The number of rotatable bonds is 2. The van der Waals surface area contributed by atoms with E-state index in [0.29, 0.717) is 0 Å². The van der Waals surface area contributed by atoms with E-state index >= 15 is 0 Å². The van der Waals surface area contributed by atoms with E-state index in [0.717, 1.165) is 5.69 Å². The van der Waals surface area contributed by atoms with Crippen LogP contribution in [0.3, 0.4) is 0 Å². The van der Waals surface area contributed by atoms with E-state index in [1.165, 1.54) is 10.1 Å². The Balaban J connectivity index is 2.77. The van der Waals surface area contributed by atoms with E-state index in [9.17, 15) is 0 Å². The maximum atomic E-state index is 4.45. The van der Waals surface area contributed by atoms with Gasteiger partial charge < -0.3 is 0 Å². The molecule has 0 atom stereocenters. The molecule has 0 bridgehead atoms. The first-order valence-corrected chi connectivity index (χ1v) is 14.8. The first-order valence-electron chi connectivity index (χ1n) is 4.25. The second-order valence-corrected chi connectivity index (χ2v) is 20.0. The van der Waals surface area contributed by atoms with Crippen molar-refractivity contribution in [1.82, 2.24) is 9.97 Å². The van der Waals surface area contributed by atoms with Gasteiger partial charge in [-0.15, -0.1) is 0 Å². The van der Waals surface area contributed by atoms with E-state index in [1.807, 2.05) is 19.3 Å². The molecular weight excluding hydrogens is 255 g/mol. The molecule has 0 aliphatic rings. The number of nitrogens with zero attached hydrogens (tertiary/aromatic N) is 2. The summed E-state index contributed by atoms with van der Waals surface area (Å²) in [5.41, 5.74) is 2.21. The molecule has 0 radical (unpaired) electrons. The monoisotopic (exact) mass is 272 g/mol. The number of hydrogen-bond donors (Lipinski definition) is 0. The van der Waals surface area contributed by atoms with Gasteiger partial charge in [0.2, 0.25) is 0 Å². The standard InChI is InChI=1S/C6H7N2.3CH3.Sn/c1-5-3-7-4-6(2)8-5;;;;/h3-4H,1H2,2H3;3*1H3;. The molecular formula is C9H16N2Sn. The average molecular weight is 271 g/mol. The van der Waals surface area contributed by atoms with Gasteiger partial charge in [-0.2, -0.15) is 0 Å². The van der Waals surface area contributed by atoms with Crippen molar-refractivity contribution in [3.63, 3.8) is 0 Å².